The Morgan fingerprint density at radius 3 is 2.21 bits per heavy atom. The van der Waals surface area contributed by atoms with Crippen LogP contribution in [0.25, 0.3) is 6.08 Å². The van der Waals surface area contributed by atoms with Gasteiger partial charge in [0.05, 0.1) is 11.1 Å². The maximum absolute atomic E-state index is 13.2. The minimum Gasteiger partial charge on any atom is -0.352 e. The number of alkyl halides is 6. The highest BCUT2D eigenvalue weighted by Crippen LogP contribution is 2.50. The summed E-state index contributed by atoms with van der Waals surface area (Å²) in [5, 5.41) is 2.62. The quantitative estimate of drug-likeness (QED) is 0.404. The molecule has 1 saturated carbocycles. The predicted octanol–water partition coefficient (Wildman–Crippen LogP) is 7.35. The molecule has 1 heterocycles. The number of benzene rings is 2. The van der Waals surface area contributed by atoms with Crippen LogP contribution in [0.4, 0.5) is 26.3 Å². The molecule has 1 aliphatic heterocycles. The molecule has 39 heavy (non-hydrogen) atoms. The van der Waals surface area contributed by atoms with Gasteiger partial charge < -0.3 is 10.2 Å². The molecule has 0 aromatic heterocycles. The maximum Gasteiger partial charge on any atom is 0.416 e. The van der Waals surface area contributed by atoms with Gasteiger partial charge in [-0.05, 0) is 87.0 Å². The lowest BCUT2D eigenvalue weighted by Gasteiger charge is -2.44. The molecular formula is C30H32F6N2O. The number of likely N-dealkylation sites (tertiary alicyclic amines) is 1. The SMILES string of the molecule is CC1=Cc2ccccc2C12CCN([C@@H]1CC[C@@](C)(C(=O)NCc3cc(C(F)(F)F)cc(C(F)(F)F)c3)C1)CC2. The van der Waals surface area contributed by atoms with Crippen LogP contribution < -0.4 is 5.32 Å². The normalized spacial score (nSPS) is 25.0. The number of fused-ring (bicyclic) bond motifs is 2. The van der Waals surface area contributed by atoms with Crippen molar-refractivity contribution in [3.05, 3.63) is 75.9 Å². The van der Waals surface area contributed by atoms with Crippen molar-refractivity contribution >= 4 is 12.0 Å². The summed E-state index contributed by atoms with van der Waals surface area (Å²) in [5.74, 6) is -0.340. The van der Waals surface area contributed by atoms with Gasteiger partial charge in [-0.15, -0.1) is 0 Å². The zero-order valence-corrected chi connectivity index (χ0v) is 22.0. The highest BCUT2D eigenvalue weighted by Gasteiger charge is 2.47. The second-order valence-corrected chi connectivity index (χ2v) is 11.6. The number of hydrogen-bond acceptors (Lipinski definition) is 2. The molecule has 1 saturated heterocycles. The van der Waals surface area contributed by atoms with Crippen LogP contribution in [-0.4, -0.2) is 29.9 Å². The molecule has 3 aliphatic rings. The van der Waals surface area contributed by atoms with Gasteiger partial charge in [0, 0.05) is 23.4 Å². The van der Waals surface area contributed by atoms with E-state index in [9.17, 15) is 31.1 Å². The first-order valence-corrected chi connectivity index (χ1v) is 13.3. The van der Waals surface area contributed by atoms with E-state index < -0.39 is 35.4 Å². The highest BCUT2D eigenvalue weighted by molar-refractivity contribution is 5.82. The van der Waals surface area contributed by atoms with Crippen molar-refractivity contribution in [2.45, 2.75) is 76.3 Å². The van der Waals surface area contributed by atoms with Crippen LogP contribution >= 0.6 is 0 Å². The van der Waals surface area contributed by atoms with Crippen LogP contribution in [0.1, 0.15) is 73.8 Å². The van der Waals surface area contributed by atoms with Crippen LogP contribution in [0.2, 0.25) is 0 Å². The molecule has 1 amide bonds. The van der Waals surface area contributed by atoms with Gasteiger partial charge in [-0.2, -0.15) is 26.3 Å². The number of nitrogens with zero attached hydrogens (tertiary/aromatic N) is 1. The Morgan fingerprint density at radius 1 is 0.974 bits per heavy atom. The molecular weight excluding hydrogens is 518 g/mol. The molecule has 1 N–H and O–H groups in total. The Morgan fingerprint density at radius 2 is 1.59 bits per heavy atom. The number of halogens is 6. The largest absolute Gasteiger partial charge is 0.416 e. The van der Waals surface area contributed by atoms with E-state index in [0.29, 0.717) is 25.0 Å². The number of rotatable bonds is 4. The minimum atomic E-state index is -4.92. The zero-order valence-electron chi connectivity index (χ0n) is 22.0. The van der Waals surface area contributed by atoms with E-state index in [1.54, 1.807) is 0 Å². The molecule has 0 bridgehead atoms. The third-order valence-corrected chi connectivity index (χ3v) is 9.14. The zero-order chi connectivity index (χ0) is 28.2. The smallest absolute Gasteiger partial charge is 0.352 e. The van der Waals surface area contributed by atoms with Gasteiger partial charge in [-0.25, -0.2) is 0 Å². The van der Waals surface area contributed by atoms with Gasteiger partial charge in [0.15, 0.2) is 0 Å². The standard InChI is InChI=1S/C30H32F6N2O/c1-19-13-21-5-3-4-6-25(21)28(19)9-11-38(12-10-28)24-7-8-27(2,17-24)26(39)37-18-20-14-22(29(31,32)33)16-23(15-20)30(34,35)36/h3-6,13-16,24H,7-12,17-18H2,1-2H3,(H,37,39)/t24-,27-/m1/s1. The lowest BCUT2D eigenvalue weighted by Crippen LogP contribution is -2.47. The van der Waals surface area contributed by atoms with E-state index >= 15 is 0 Å². The van der Waals surface area contributed by atoms with Crippen LogP contribution in [0.3, 0.4) is 0 Å². The van der Waals surface area contributed by atoms with E-state index in [2.05, 4.69) is 47.5 Å². The first kappa shape index (κ1) is 27.7. The van der Waals surface area contributed by atoms with Gasteiger partial charge in [0.1, 0.15) is 0 Å². The number of nitrogens with one attached hydrogen (secondary N) is 1. The predicted molar refractivity (Wildman–Crippen MR) is 137 cm³/mol. The fourth-order valence-electron chi connectivity index (χ4n) is 6.82. The fraction of sp³-hybridized carbons (Fsp3) is 0.500. The summed E-state index contributed by atoms with van der Waals surface area (Å²) < 4.78 is 79.1. The van der Waals surface area contributed by atoms with Gasteiger partial charge in [-0.1, -0.05) is 42.8 Å². The van der Waals surface area contributed by atoms with Gasteiger partial charge in [0.25, 0.3) is 0 Å². The molecule has 2 fully saturated rings. The molecule has 210 valence electrons. The minimum absolute atomic E-state index is 0.0621. The highest BCUT2D eigenvalue weighted by atomic mass is 19.4. The van der Waals surface area contributed by atoms with Crippen LogP contribution in [0.5, 0.6) is 0 Å². The second kappa shape index (κ2) is 9.68. The summed E-state index contributed by atoms with van der Waals surface area (Å²) in [4.78, 5) is 15.6. The summed E-state index contributed by atoms with van der Waals surface area (Å²) in [7, 11) is 0. The van der Waals surface area contributed by atoms with Crippen molar-refractivity contribution in [1.82, 2.24) is 10.2 Å². The lowest BCUT2D eigenvalue weighted by molar-refractivity contribution is -0.143. The van der Waals surface area contributed by atoms with Crippen molar-refractivity contribution < 1.29 is 31.1 Å². The molecule has 2 aliphatic carbocycles. The number of hydrogen-bond donors (Lipinski definition) is 1. The molecule has 0 radical (unpaired) electrons. The van der Waals surface area contributed by atoms with E-state index in [0.717, 1.165) is 32.4 Å². The third-order valence-electron chi connectivity index (χ3n) is 9.14. The number of allylic oxidation sites excluding steroid dienone is 1. The van der Waals surface area contributed by atoms with Crippen LogP contribution in [-0.2, 0) is 29.1 Å². The Hall–Kier alpha value is -2.81. The monoisotopic (exact) mass is 550 g/mol. The van der Waals surface area contributed by atoms with Crippen LogP contribution in [0, 0.1) is 5.41 Å². The van der Waals surface area contributed by atoms with Gasteiger partial charge in [-0.3, -0.25) is 4.79 Å². The fourth-order valence-corrected chi connectivity index (χ4v) is 6.82. The summed E-state index contributed by atoms with van der Waals surface area (Å²) in [6.45, 7) is 5.46. The van der Waals surface area contributed by atoms with Crippen molar-refractivity contribution in [2.24, 2.45) is 5.41 Å². The number of carbonyl (C=O) groups is 1. The summed E-state index contributed by atoms with van der Waals surface area (Å²) in [6, 6.07) is 10.2. The Labute approximate surface area is 224 Å². The van der Waals surface area contributed by atoms with E-state index in [1.165, 1.54) is 16.7 Å². The molecule has 1 spiro atoms. The van der Waals surface area contributed by atoms with Gasteiger partial charge in [0.2, 0.25) is 5.91 Å². The average Bonchev–Trinajstić information content (AvgIpc) is 3.41. The van der Waals surface area contributed by atoms with E-state index in [1.807, 2.05) is 6.92 Å². The molecule has 2 aromatic carbocycles. The Kier molecular flexibility index (Phi) is 6.89. The topological polar surface area (TPSA) is 32.3 Å². The number of piperidine rings is 1. The molecule has 5 rings (SSSR count). The first-order chi connectivity index (χ1) is 18.2. The van der Waals surface area contributed by atoms with Crippen molar-refractivity contribution in [1.29, 1.82) is 0 Å². The third kappa shape index (κ3) is 5.22. The first-order valence-electron chi connectivity index (χ1n) is 13.3. The summed E-state index contributed by atoms with van der Waals surface area (Å²) >= 11 is 0. The van der Waals surface area contributed by atoms with Crippen molar-refractivity contribution in [2.75, 3.05) is 13.1 Å². The van der Waals surface area contributed by atoms with Gasteiger partial charge >= 0.3 is 12.4 Å². The van der Waals surface area contributed by atoms with Crippen molar-refractivity contribution in [3.63, 3.8) is 0 Å². The Bertz CT molecular complexity index is 1260. The average molecular weight is 551 g/mol. The maximum atomic E-state index is 13.2. The molecule has 2 atom stereocenters. The summed E-state index contributed by atoms with van der Waals surface area (Å²) in [5.41, 5.74) is 0.403. The number of amides is 1. The molecule has 0 unspecified atom stereocenters. The van der Waals surface area contributed by atoms with Crippen molar-refractivity contribution in [3.8, 4) is 0 Å². The molecule has 2 aromatic rings. The lowest BCUT2D eigenvalue weighted by atomic mass is 9.70. The Balaban J connectivity index is 1.21. The van der Waals surface area contributed by atoms with Crippen LogP contribution in [0.15, 0.2) is 48.0 Å². The summed E-state index contributed by atoms with van der Waals surface area (Å²) in [6.07, 6.45) is -3.52. The number of carbonyl (C=O) groups excluding carboxylic acids is 1. The molecule has 3 nitrogen and oxygen atoms in total. The van der Waals surface area contributed by atoms with E-state index in [4.69, 9.17) is 0 Å². The molecule has 9 heteroatoms. The second-order valence-electron chi connectivity index (χ2n) is 11.6. The van der Waals surface area contributed by atoms with E-state index in [-0.39, 0.29) is 29.0 Å².